The van der Waals surface area contributed by atoms with Gasteiger partial charge < -0.3 is 14.5 Å². The number of rotatable bonds is 5. The molecule has 0 aromatic carbocycles. The number of carbonyl (C=O) groups is 2. The van der Waals surface area contributed by atoms with Crippen LogP contribution in [0, 0.1) is 5.41 Å². The minimum Gasteiger partial charge on any atom is -0.380 e. The van der Waals surface area contributed by atoms with Gasteiger partial charge in [0.2, 0.25) is 11.8 Å². The molecule has 0 spiro atoms. The molecule has 2 aliphatic heterocycles. The van der Waals surface area contributed by atoms with Gasteiger partial charge in [-0.25, -0.2) is 0 Å². The predicted octanol–water partition coefficient (Wildman–Crippen LogP) is 0.884. The summed E-state index contributed by atoms with van der Waals surface area (Å²) in [5.74, 6) is 0.313. The largest absolute Gasteiger partial charge is 0.380 e. The van der Waals surface area contributed by atoms with Crippen LogP contribution >= 0.6 is 0 Å². The van der Waals surface area contributed by atoms with Crippen molar-refractivity contribution in [3.63, 3.8) is 0 Å². The van der Waals surface area contributed by atoms with Crippen LogP contribution < -0.4 is 0 Å². The lowest BCUT2D eigenvalue weighted by Crippen LogP contribution is -2.49. The third kappa shape index (κ3) is 3.69. The quantitative estimate of drug-likeness (QED) is 0.744. The van der Waals surface area contributed by atoms with E-state index in [9.17, 15) is 9.59 Å². The summed E-state index contributed by atoms with van der Waals surface area (Å²) < 4.78 is 5.20. The van der Waals surface area contributed by atoms with E-state index >= 15 is 0 Å². The molecule has 2 amide bonds. The Morgan fingerprint density at radius 2 is 2.16 bits per heavy atom. The molecule has 0 N–H and O–H groups in total. The van der Waals surface area contributed by atoms with Gasteiger partial charge in [-0.1, -0.05) is 6.92 Å². The first kappa shape index (κ1) is 14.3. The van der Waals surface area contributed by atoms with Crippen molar-refractivity contribution in [2.24, 2.45) is 5.41 Å². The zero-order chi connectivity index (χ0) is 13.9. The first-order valence-corrected chi connectivity index (χ1v) is 7.10. The Balaban J connectivity index is 1.72. The van der Waals surface area contributed by atoms with E-state index < -0.39 is 0 Å². The molecule has 2 saturated heterocycles. The number of likely N-dealkylation sites (tertiary alicyclic amines) is 1. The van der Waals surface area contributed by atoms with Crippen LogP contribution in [0.3, 0.4) is 0 Å². The number of piperidine rings is 1. The maximum atomic E-state index is 12.1. The van der Waals surface area contributed by atoms with Gasteiger partial charge in [0.15, 0.2) is 0 Å². The van der Waals surface area contributed by atoms with E-state index in [0.717, 1.165) is 39.1 Å². The SMILES string of the molecule is CN(CC1(C)COC1)C(=O)CCN1CCCCC1=O. The molecule has 2 heterocycles. The minimum atomic E-state index is 0.116. The zero-order valence-corrected chi connectivity index (χ0v) is 12.0. The first-order valence-electron chi connectivity index (χ1n) is 7.10. The molecule has 0 unspecified atom stereocenters. The van der Waals surface area contributed by atoms with Crippen molar-refractivity contribution in [3.05, 3.63) is 0 Å². The molecule has 0 bridgehead atoms. The second-order valence-corrected chi connectivity index (χ2v) is 6.14. The van der Waals surface area contributed by atoms with Crippen LogP contribution in [-0.2, 0) is 14.3 Å². The van der Waals surface area contributed by atoms with Gasteiger partial charge in [0, 0.05) is 44.9 Å². The van der Waals surface area contributed by atoms with Crippen LogP contribution in [0.2, 0.25) is 0 Å². The first-order chi connectivity index (χ1) is 9.00. The van der Waals surface area contributed by atoms with E-state index in [4.69, 9.17) is 4.74 Å². The molecule has 108 valence electrons. The minimum absolute atomic E-state index is 0.116. The zero-order valence-electron chi connectivity index (χ0n) is 12.0. The highest BCUT2D eigenvalue weighted by atomic mass is 16.5. The van der Waals surface area contributed by atoms with Gasteiger partial charge in [0.25, 0.3) is 0 Å². The Kier molecular flexibility index (Phi) is 4.45. The van der Waals surface area contributed by atoms with Crippen LogP contribution in [0.5, 0.6) is 0 Å². The number of carbonyl (C=O) groups excluding carboxylic acids is 2. The monoisotopic (exact) mass is 268 g/mol. The van der Waals surface area contributed by atoms with Gasteiger partial charge in [0.05, 0.1) is 13.2 Å². The highest BCUT2D eigenvalue weighted by molar-refractivity contribution is 5.79. The summed E-state index contributed by atoms with van der Waals surface area (Å²) in [6, 6.07) is 0. The molecule has 0 aliphatic carbocycles. The van der Waals surface area contributed by atoms with Crippen LogP contribution in [0.15, 0.2) is 0 Å². The Bertz CT molecular complexity index is 353. The summed E-state index contributed by atoms with van der Waals surface area (Å²) in [6.45, 7) is 5.70. The second kappa shape index (κ2) is 5.90. The van der Waals surface area contributed by atoms with Crippen LogP contribution in [0.4, 0.5) is 0 Å². The molecular weight excluding hydrogens is 244 g/mol. The number of amides is 2. The summed E-state index contributed by atoms with van der Waals surface area (Å²) in [4.78, 5) is 27.3. The molecule has 0 atom stereocenters. The molecule has 5 heteroatoms. The summed E-state index contributed by atoms with van der Waals surface area (Å²) in [5, 5.41) is 0. The summed E-state index contributed by atoms with van der Waals surface area (Å²) in [6.07, 6.45) is 3.12. The molecule has 5 nitrogen and oxygen atoms in total. The molecule has 19 heavy (non-hydrogen) atoms. The Morgan fingerprint density at radius 3 is 2.74 bits per heavy atom. The van der Waals surface area contributed by atoms with Gasteiger partial charge in [-0.15, -0.1) is 0 Å². The molecule has 2 rings (SSSR count). The fourth-order valence-electron chi connectivity index (χ4n) is 2.72. The average Bonchev–Trinajstić information content (AvgIpc) is 2.35. The Morgan fingerprint density at radius 1 is 1.42 bits per heavy atom. The summed E-state index contributed by atoms with van der Waals surface area (Å²) >= 11 is 0. The van der Waals surface area contributed by atoms with Crippen molar-refractivity contribution in [1.29, 1.82) is 0 Å². The smallest absolute Gasteiger partial charge is 0.224 e. The fraction of sp³-hybridized carbons (Fsp3) is 0.857. The van der Waals surface area contributed by atoms with Crippen LogP contribution in [0.1, 0.15) is 32.6 Å². The molecule has 2 aliphatic rings. The Labute approximate surface area is 114 Å². The van der Waals surface area contributed by atoms with Gasteiger partial charge in [-0.3, -0.25) is 9.59 Å². The molecular formula is C14H24N2O3. The maximum absolute atomic E-state index is 12.1. The molecule has 2 fully saturated rings. The van der Waals surface area contributed by atoms with Crippen molar-refractivity contribution in [1.82, 2.24) is 9.80 Å². The normalized spacial score (nSPS) is 22.0. The number of ether oxygens (including phenoxy) is 1. The van der Waals surface area contributed by atoms with Crippen LogP contribution in [0.25, 0.3) is 0 Å². The number of hydrogen-bond acceptors (Lipinski definition) is 3. The summed E-state index contributed by atoms with van der Waals surface area (Å²) in [5.41, 5.74) is 0.116. The van der Waals surface area contributed by atoms with E-state index in [1.54, 1.807) is 4.90 Å². The summed E-state index contributed by atoms with van der Waals surface area (Å²) in [7, 11) is 1.84. The highest BCUT2D eigenvalue weighted by Gasteiger charge is 2.35. The molecule has 0 saturated carbocycles. The van der Waals surface area contributed by atoms with E-state index in [1.807, 2.05) is 11.9 Å². The number of nitrogens with zero attached hydrogens (tertiary/aromatic N) is 2. The number of hydrogen-bond donors (Lipinski definition) is 0. The lowest BCUT2D eigenvalue weighted by atomic mass is 9.88. The fourth-order valence-corrected chi connectivity index (χ4v) is 2.72. The van der Waals surface area contributed by atoms with Gasteiger partial charge in [0.1, 0.15) is 0 Å². The lowest BCUT2D eigenvalue weighted by molar-refractivity contribution is -0.143. The van der Waals surface area contributed by atoms with E-state index in [0.29, 0.717) is 19.4 Å². The third-order valence-electron chi connectivity index (χ3n) is 3.96. The second-order valence-electron chi connectivity index (χ2n) is 6.14. The molecule has 0 radical (unpaired) electrons. The maximum Gasteiger partial charge on any atom is 0.224 e. The average molecular weight is 268 g/mol. The van der Waals surface area contributed by atoms with Gasteiger partial charge in [-0.2, -0.15) is 0 Å². The van der Waals surface area contributed by atoms with Crippen molar-refractivity contribution < 1.29 is 14.3 Å². The third-order valence-corrected chi connectivity index (χ3v) is 3.96. The van der Waals surface area contributed by atoms with Crippen molar-refractivity contribution in [3.8, 4) is 0 Å². The predicted molar refractivity (Wildman–Crippen MR) is 71.6 cm³/mol. The molecule has 0 aromatic rings. The standard InChI is InChI=1S/C14H24N2O3/c1-14(10-19-11-14)9-15(2)12(17)6-8-16-7-4-3-5-13(16)18/h3-11H2,1-2H3. The highest BCUT2D eigenvalue weighted by Crippen LogP contribution is 2.27. The topological polar surface area (TPSA) is 49.9 Å². The van der Waals surface area contributed by atoms with Gasteiger partial charge in [-0.05, 0) is 12.8 Å². The van der Waals surface area contributed by atoms with Crippen molar-refractivity contribution in [2.45, 2.75) is 32.6 Å². The van der Waals surface area contributed by atoms with Crippen molar-refractivity contribution >= 4 is 11.8 Å². The molecule has 0 aromatic heterocycles. The van der Waals surface area contributed by atoms with Crippen molar-refractivity contribution in [2.75, 3.05) is 39.9 Å². The lowest BCUT2D eigenvalue weighted by Gasteiger charge is -2.40. The van der Waals surface area contributed by atoms with Gasteiger partial charge >= 0.3 is 0 Å². The Hall–Kier alpha value is -1.10. The van der Waals surface area contributed by atoms with E-state index in [2.05, 4.69) is 6.92 Å². The van der Waals surface area contributed by atoms with E-state index in [1.165, 1.54) is 0 Å². The van der Waals surface area contributed by atoms with E-state index in [-0.39, 0.29) is 17.2 Å². The van der Waals surface area contributed by atoms with Crippen LogP contribution in [-0.4, -0.2) is 61.5 Å².